The van der Waals surface area contributed by atoms with Crippen LogP contribution in [0.2, 0.25) is 0 Å². The molecule has 3 rings (SSSR count). The fourth-order valence-corrected chi connectivity index (χ4v) is 3.71. The van der Waals surface area contributed by atoms with Gasteiger partial charge in [0, 0.05) is 37.1 Å². The molecule has 22 heavy (non-hydrogen) atoms. The maximum atomic E-state index is 11.7. The number of hydrogen-bond acceptors (Lipinski definition) is 5. The minimum Gasteiger partial charge on any atom is -0.548 e. The van der Waals surface area contributed by atoms with Crippen molar-refractivity contribution in [3.8, 4) is 0 Å². The van der Waals surface area contributed by atoms with Gasteiger partial charge in [0.15, 0.2) is 0 Å². The molecule has 0 bridgehead atoms. The predicted octanol–water partition coefficient (Wildman–Crippen LogP) is -2.73. The van der Waals surface area contributed by atoms with Crippen LogP contribution in [0.5, 0.6) is 0 Å². The maximum absolute atomic E-state index is 11.7. The number of carbonyl (C=O) groups excluding carboxylic acids is 1. The third-order valence-electron chi connectivity index (χ3n) is 4.77. The van der Waals surface area contributed by atoms with Crippen molar-refractivity contribution in [2.45, 2.75) is 38.8 Å². The summed E-state index contributed by atoms with van der Waals surface area (Å²) in [6.07, 6.45) is 2.39. The number of carbonyl (C=O) groups is 1. The molecule has 0 spiro atoms. The average molecular weight is 327 g/mol. The number of carboxylic acids is 1. The van der Waals surface area contributed by atoms with Gasteiger partial charge in [0.2, 0.25) is 0 Å². The van der Waals surface area contributed by atoms with Crippen LogP contribution >= 0.6 is 0 Å². The van der Waals surface area contributed by atoms with E-state index in [4.69, 9.17) is 0 Å². The molecule has 6 heteroatoms. The molecule has 2 aliphatic heterocycles. The Balaban J connectivity index is 0.00000176. The van der Waals surface area contributed by atoms with Crippen LogP contribution in [0, 0.1) is 13.8 Å². The van der Waals surface area contributed by atoms with E-state index in [1.54, 1.807) is 0 Å². The first-order chi connectivity index (χ1) is 10.1. The fourth-order valence-electron chi connectivity index (χ4n) is 3.71. The Morgan fingerprint density at radius 3 is 2.77 bits per heavy atom. The summed E-state index contributed by atoms with van der Waals surface area (Å²) in [5.74, 6) is -1.02. The molecule has 2 saturated heterocycles. The zero-order valence-electron chi connectivity index (χ0n) is 13.7. The Morgan fingerprint density at radius 1 is 1.32 bits per heavy atom. The first kappa shape index (κ1) is 18.5. The molecule has 0 aliphatic carbocycles. The van der Waals surface area contributed by atoms with Crippen LogP contribution in [0.4, 0.5) is 0 Å². The number of hydrogen-bond donors (Lipinski definition) is 0. The van der Waals surface area contributed by atoms with Crippen molar-refractivity contribution in [1.29, 1.82) is 0 Å². The van der Waals surface area contributed by atoms with Gasteiger partial charge in [0.1, 0.15) is 0 Å². The molecule has 1 aromatic heterocycles. The number of aryl methyl sites for hydroxylation is 2. The predicted molar refractivity (Wildman–Crippen MR) is 77.6 cm³/mol. The molecule has 2 aliphatic rings. The first-order valence-electron chi connectivity index (χ1n) is 7.69. The second-order valence-electron chi connectivity index (χ2n) is 6.18. The van der Waals surface area contributed by atoms with Gasteiger partial charge in [0.25, 0.3) is 0 Å². The molecule has 3 heterocycles. The number of piperazine rings is 1. The summed E-state index contributed by atoms with van der Waals surface area (Å²) >= 11 is 0. The van der Waals surface area contributed by atoms with Crippen molar-refractivity contribution >= 4 is 5.97 Å². The molecule has 5 nitrogen and oxygen atoms in total. The Morgan fingerprint density at radius 2 is 2.09 bits per heavy atom. The Bertz CT molecular complexity index is 552. The summed E-state index contributed by atoms with van der Waals surface area (Å²) in [5.41, 5.74) is 2.47. The van der Waals surface area contributed by atoms with E-state index < -0.39 is 12.0 Å². The van der Waals surface area contributed by atoms with Crippen LogP contribution in [0.25, 0.3) is 0 Å². The van der Waals surface area contributed by atoms with Gasteiger partial charge < -0.3 is 9.90 Å². The molecule has 0 radical (unpaired) electrons. The summed E-state index contributed by atoms with van der Waals surface area (Å²) in [7, 11) is 0. The van der Waals surface area contributed by atoms with Crippen molar-refractivity contribution in [2.24, 2.45) is 0 Å². The van der Waals surface area contributed by atoms with E-state index >= 15 is 0 Å². The SMILES string of the molecule is Cc1ccc(C(C(=O)[O-])N2CCN3CCC[C@@H]3C2)c(C)n1.[K+]. The van der Waals surface area contributed by atoms with Crippen LogP contribution in [0.3, 0.4) is 0 Å². The second-order valence-corrected chi connectivity index (χ2v) is 6.18. The quantitative estimate of drug-likeness (QED) is 0.565. The molecule has 2 atom stereocenters. The monoisotopic (exact) mass is 327 g/mol. The molecule has 0 amide bonds. The molecule has 114 valence electrons. The molecule has 1 unspecified atom stereocenters. The summed E-state index contributed by atoms with van der Waals surface area (Å²) in [5, 5.41) is 11.7. The van der Waals surface area contributed by atoms with Crippen LogP contribution in [0.1, 0.15) is 35.8 Å². The van der Waals surface area contributed by atoms with Gasteiger partial charge in [-0.1, -0.05) is 6.07 Å². The summed E-state index contributed by atoms with van der Waals surface area (Å²) < 4.78 is 0. The van der Waals surface area contributed by atoms with Crippen molar-refractivity contribution in [1.82, 2.24) is 14.8 Å². The molecular weight excluding hydrogens is 305 g/mol. The largest absolute Gasteiger partial charge is 1.00 e. The molecule has 0 aromatic carbocycles. The van der Waals surface area contributed by atoms with E-state index in [-0.39, 0.29) is 51.4 Å². The van der Waals surface area contributed by atoms with Crippen molar-refractivity contribution < 1.29 is 61.3 Å². The first-order valence-corrected chi connectivity index (χ1v) is 7.69. The van der Waals surface area contributed by atoms with Gasteiger partial charge in [-0.3, -0.25) is 14.8 Å². The maximum Gasteiger partial charge on any atom is 1.00 e. The van der Waals surface area contributed by atoms with Crippen LogP contribution in [-0.4, -0.2) is 53.0 Å². The van der Waals surface area contributed by atoms with Crippen LogP contribution in [0.15, 0.2) is 12.1 Å². The van der Waals surface area contributed by atoms with Gasteiger partial charge in [-0.15, -0.1) is 0 Å². The standard InChI is InChI=1S/C16H23N3O2.K/c1-11-5-6-14(12(2)17-11)15(16(20)21)19-9-8-18-7-3-4-13(18)10-19;/h5-6,13,15H,3-4,7-10H2,1-2H3,(H,20,21);/q;+1/p-1/t13-,15?;/m1./s1. The smallest absolute Gasteiger partial charge is 0.548 e. The number of rotatable bonds is 3. The van der Waals surface area contributed by atoms with Gasteiger partial charge in [-0.05, 0) is 44.9 Å². The van der Waals surface area contributed by atoms with E-state index in [9.17, 15) is 9.90 Å². The van der Waals surface area contributed by atoms with Crippen molar-refractivity contribution in [3.63, 3.8) is 0 Å². The third kappa shape index (κ3) is 3.80. The number of aliphatic carboxylic acids is 1. The fraction of sp³-hybridized carbons (Fsp3) is 0.625. The number of pyridine rings is 1. The van der Waals surface area contributed by atoms with E-state index in [0.717, 1.165) is 43.1 Å². The van der Waals surface area contributed by atoms with Crippen molar-refractivity contribution in [3.05, 3.63) is 29.1 Å². The number of fused-ring (bicyclic) bond motifs is 1. The molecule has 0 saturated carbocycles. The van der Waals surface area contributed by atoms with E-state index in [1.165, 1.54) is 12.8 Å². The number of aromatic nitrogens is 1. The van der Waals surface area contributed by atoms with E-state index in [2.05, 4.69) is 14.8 Å². The van der Waals surface area contributed by atoms with Gasteiger partial charge in [-0.2, -0.15) is 0 Å². The molecule has 1 aromatic rings. The minimum absolute atomic E-state index is 0. The molecular formula is C16H22KN3O2. The Kier molecular flexibility index (Phi) is 6.59. The molecule has 2 fully saturated rings. The van der Waals surface area contributed by atoms with Crippen molar-refractivity contribution in [2.75, 3.05) is 26.2 Å². The number of carboxylic acid groups (broad SMARTS) is 1. The van der Waals surface area contributed by atoms with Gasteiger partial charge in [0.05, 0.1) is 12.0 Å². The zero-order valence-corrected chi connectivity index (χ0v) is 16.8. The van der Waals surface area contributed by atoms with Crippen LogP contribution in [-0.2, 0) is 4.79 Å². The minimum atomic E-state index is -1.02. The Labute approximate surface area is 174 Å². The number of nitrogens with zero attached hydrogens (tertiary/aromatic N) is 3. The molecule has 0 N–H and O–H groups in total. The van der Waals surface area contributed by atoms with E-state index in [0.29, 0.717) is 6.04 Å². The van der Waals surface area contributed by atoms with E-state index in [1.807, 2.05) is 26.0 Å². The summed E-state index contributed by atoms with van der Waals surface area (Å²) in [4.78, 5) is 20.7. The zero-order chi connectivity index (χ0) is 15.0. The third-order valence-corrected chi connectivity index (χ3v) is 4.77. The van der Waals surface area contributed by atoms with Gasteiger partial charge in [-0.25, -0.2) is 0 Å². The second kappa shape index (κ2) is 7.83. The summed E-state index contributed by atoms with van der Waals surface area (Å²) in [6, 6.07) is 3.59. The normalized spacial score (nSPS) is 23.6. The summed E-state index contributed by atoms with van der Waals surface area (Å²) in [6.45, 7) is 7.49. The topological polar surface area (TPSA) is 59.5 Å². The van der Waals surface area contributed by atoms with Crippen LogP contribution < -0.4 is 56.5 Å². The Hall–Kier alpha value is 0.176. The average Bonchev–Trinajstić information content (AvgIpc) is 2.88. The van der Waals surface area contributed by atoms with Gasteiger partial charge >= 0.3 is 51.4 Å².